The fourth-order valence-corrected chi connectivity index (χ4v) is 4.80. The summed E-state index contributed by atoms with van der Waals surface area (Å²) in [5.74, 6) is 1.85. The molecule has 1 aromatic heterocycles. The van der Waals surface area contributed by atoms with Crippen LogP contribution in [0.4, 0.5) is 5.69 Å². The fourth-order valence-electron chi connectivity index (χ4n) is 4.80. The van der Waals surface area contributed by atoms with Crippen LogP contribution in [-0.4, -0.2) is 32.1 Å². The Kier molecular flexibility index (Phi) is 4.77. The minimum atomic E-state index is -0.293. The van der Waals surface area contributed by atoms with E-state index in [4.69, 9.17) is 14.2 Å². The van der Waals surface area contributed by atoms with E-state index < -0.39 is 0 Å². The number of rotatable bonds is 4. The third-order valence-electron chi connectivity index (χ3n) is 6.15. The molecule has 0 saturated carbocycles. The summed E-state index contributed by atoms with van der Waals surface area (Å²) in [6, 6.07) is 11.6. The summed E-state index contributed by atoms with van der Waals surface area (Å²) >= 11 is 0. The quantitative estimate of drug-likeness (QED) is 0.650. The second-order valence-electron chi connectivity index (χ2n) is 7.76. The molecule has 1 N–H and O–H groups in total. The molecular formula is C25H24N2O4. The van der Waals surface area contributed by atoms with Crippen LogP contribution < -0.4 is 19.5 Å². The van der Waals surface area contributed by atoms with Crippen LogP contribution in [0.5, 0.6) is 17.2 Å². The average Bonchev–Trinajstić information content (AvgIpc) is 2.82. The van der Waals surface area contributed by atoms with Crippen LogP contribution in [0.15, 0.2) is 48.2 Å². The molecule has 31 heavy (non-hydrogen) atoms. The molecule has 0 radical (unpaired) electrons. The van der Waals surface area contributed by atoms with Gasteiger partial charge >= 0.3 is 0 Å². The average molecular weight is 416 g/mol. The number of fused-ring (bicyclic) bond motifs is 4. The molecule has 0 bridgehead atoms. The Hall–Kier alpha value is -3.54. The van der Waals surface area contributed by atoms with Gasteiger partial charge in [0.15, 0.2) is 17.3 Å². The van der Waals surface area contributed by atoms with Crippen molar-refractivity contribution >= 4 is 27.9 Å². The van der Waals surface area contributed by atoms with Gasteiger partial charge in [-0.2, -0.15) is 0 Å². The first-order chi connectivity index (χ1) is 15.2. The summed E-state index contributed by atoms with van der Waals surface area (Å²) in [5.41, 5.74) is 5.87. The second kappa shape index (κ2) is 7.61. The molecule has 2 aromatic carbocycles. The predicted octanol–water partition coefficient (Wildman–Crippen LogP) is 4.93. The van der Waals surface area contributed by atoms with Crippen molar-refractivity contribution in [1.29, 1.82) is 0 Å². The lowest BCUT2D eigenvalue weighted by molar-refractivity contribution is -0.116. The largest absolute Gasteiger partial charge is 0.493 e. The van der Waals surface area contributed by atoms with Gasteiger partial charge in [0.25, 0.3) is 0 Å². The van der Waals surface area contributed by atoms with Crippen molar-refractivity contribution in [1.82, 2.24) is 4.98 Å². The van der Waals surface area contributed by atoms with Gasteiger partial charge in [-0.05, 0) is 54.3 Å². The zero-order valence-electron chi connectivity index (χ0n) is 17.8. The Labute approximate surface area is 180 Å². The standard InChI is InChI=1S/C25H24N2O4/c1-29-20-12-14(13-21(30-2)25(20)31-3)24-23-16(6-4-8-19(23)28)22-15-7-5-11-26-17(15)9-10-18(22)27-24/h5,7,9-13,24,27H,4,6,8H2,1-3H3/t24-/m1/s1. The van der Waals surface area contributed by atoms with Gasteiger partial charge in [0.05, 0.1) is 32.9 Å². The number of ether oxygens (including phenoxy) is 3. The summed E-state index contributed by atoms with van der Waals surface area (Å²) in [6.45, 7) is 0. The minimum Gasteiger partial charge on any atom is -0.493 e. The molecule has 3 aromatic rings. The summed E-state index contributed by atoms with van der Waals surface area (Å²) in [5, 5.41) is 4.68. The molecule has 0 spiro atoms. The van der Waals surface area contributed by atoms with Crippen LogP contribution in [0.3, 0.4) is 0 Å². The molecule has 5 rings (SSSR count). The van der Waals surface area contributed by atoms with Crippen molar-refractivity contribution in [3.8, 4) is 17.2 Å². The molecule has 2 aliphatic rings. The zero-order chi connectivity index (χ0) is 21.5. The van der Waals surface area contributed by atoms with Crippen molar-refractivity contribution in [2.75, 3.05) is 26.6 Å². The van der Waals surface area contributed by atoms with E-state index in [9.17, 15) is 4.79 Å². The van der Waals surface area contributed by atoms with Gasteiger partial charge in [-0.3, -0.25) is 9.78 Å². The van der Waals surface area contributed by atoms with Gasteiger partial charge < -0.3 is 19.5 Å². The molecule has 1 aliphatic heterocycles. The molecule has 0 fully saturated rings. The molecular weight excluding hydrogens is 392 g/mol. The van der Waals surface area contributed by atoms with Gasteiger partial charge in [0.1, 0.15) is 0 Å². The third kappa shape index (κ3) is 3.02. The normalized spacial score (nSPS) is 17.6. The highest BCUT2D eigenvalue weighted by molar-refractivity contribution is 6.12. The summed E-state index contributed by atoms with van der Waals surface area (Å²) in [6.07, 6.45) is 4.07. The number of hydrogen-bond donors (Lipinski definition) is 1. The number of nitrogens with zero attached hydrogens (tertiary/aromatic N) is 1. The number of nitrogens with one attached hydrogen (secondary N) is 1. The number of carbonyl (C=O) groups is 1. The van der Waals surface area contributed by atoms with E-state index in [2.05, 4.69) is 22.4 Å². The van der Waals surface area contributed by atoms with Gasteiger partial charge in [0, 0.05) is 34.8 Å². The van der Waals surface area contributed by atoms with Crippen molar-refractivity contribution in [2.24, 2.45) is 0 Å². The highest BCUT2D eigenvalue weighted by Crippen LogP contribution is 2.49. The van der Waals surface area contributed by atoms with E-state index in [1.165, 1.54) is 0 Å². The Balaban J connectivity index is 1.75. The Morgan fingerprint density at radius 3 is 2.48 bits per heavy atom. The highest BCUT2D eigenvalue weighted by Gasteiger charge is 2.35. The maximum absolute atomic E-state index is 13.2. The van der Waals surface area contributed by atoms with Crippen molar-refractivity contribution in [3.63, 3.8) is 0 Å². The van der Waals surface area contributed by atoms with Crippen LogP contribution in [0.2, 0.25) is 0 Å². The molecule has 2 heterocycles. The van der Waals surface area contributed by atoms with E-state index in [0.29, 0.717) is 23.7 Å². The van der Waals surface area contributed by atoms with Crippen LogP contribution >= 0.6 is 0 Å². The monoisotopic (exact) mass is 416 g/mol. The van der Waals surface area contributed by atoms with E-state index in [-0.39, 0.29) is 11.8 Å². The first-order valence-corrected chi connectivity index (χ1v) is 10.4. The number of pyridine rings is 1. The van der Waals surface area contributed by atoms with E-state index in [0.717, 1.165) is 51.7 Å². The number of benzene rings is 2. The Morgan fingerprint density at radius 1 is 1.00 bits per heavy atom. The van der Waals surface area contributed by atoms with E-state index in [1.807, 2.05) is 24.3 Å². The van der Waals surface area contributed by atoms with E-state index >= 15 is 0 Å². The number of Topliss-reactive ketones (excluding diaryl/α,β-unsaturated/α-hetero) is 1. The summed E-state index contributed by atoms with van der Waals surface area (Å²) in [7, 11) is 4.78. The maximum atomic E-state index is 13.2. The Morgan fingerprint density at radius 2 is 1.77 bits per heavy atom. The number of ketones is 1. The first-order valence-electron chi connectivity index (χ1n) is 10.4. The number of allylic oxidation sites excluding steroid dienone is 1. The van der Waals surface area contributed by atoms with E-state index in [1.54, 1.807) is 27.5 Å². The highest BCUT2D eigenvalue weighted by atomic mass is 16.5. The molecule has 6 heteroatoms. The van der Waals surface area contributed by atoms with Gasteiger partial charge in [-0.25, -0.2) is 0 Å². The smallest absolute Gasteiger partial charge is 0.203 e. The number of methoxy groups -OCH3 is 3. The number of hydrogen-bond acceptors (Lipinski definition) is 6. The number of carbonyl (C=O) groups excluding carboxylic acids is 1. The second-order valence-corrected chi connectivity index (χ2v) is 7.76. The van der Waals surface area contributed by atoms with Crippen LogP contribution in [0.25, 0.3) is 16.5 Å². The van der Waals surface area contributed by atoms with Crippen LogP contribution in [0, 0.1) is 0 Å². The SMILES string of the molecule is COc1cc([C@H]2Nc3ccc4ncccc4c3C3=C2C(=O)CCC3)cc(OC)c1OC. The fraction of sp³-hybridized carbons (Fsp3) is 0.280. The number of aromatic nitrogens is 1. The molecule has 0 amide bonds. The maximum Gasteiger partial charge on any atom is 0.203 e. The van der Waals surface area contributed by atoms with Crippen molar-refractivity contribution in [2.45, 2.75) is 25.3 Å². The molecule has 158 valence electrons. The first kappa shape index (κ1) is 19.4. The lowest BCUT2D eigenvalue weighted by Gasteiger charge is -2.35. The molecule has 0 saturated heterocycles. The zero-order valence-corrected chi connectivity index (χ0v) is 17.8. The van der Waals surface area contributed by atoms with Crippen LogP contribution in [0.1, 0.15) is 36.4 Å². The van der Waals surface area contributed by atoms with Crippen molar-refractivity contribution < 1.29 is 19.0 Å². The lowest BCUT2D eigenvalue weighted by atomic mass is 9.77. The van der Waals surface area contributed by atoms with Gasteiger partial charge in [0.2, 0.25) is 5.75 Å². The third-order valence-corrected chi connectivity index (χ3v) is 6.15. The van der Waals surface area contributed by atoms with Crippen LogP contribution in [-0.2, 0) is 4.79 Å². The predicted molar refractivity (Wildman–Crippen MR) is 120 cm³/mol. The summed E-state index contributed by atoms with van der Waals surface area (Å²) in [4.78, 5) is 17.7. The molecule has 0 unspecified atom stereocenters. The Bertz CT molecular complexity index is 1210. The topological polar surface area (TPSA) is 69.7 Å². The minimum absolute atomic E-state index is 0.180. The molecule has 6 nitrogen and oxygen atoms in total. The molecule has 1 atom stereocenters. The van der Waals surface area contributed by atoms with Gasteiger partial charge in [-0.15, -0.1) is 0 Å². The van der Waals surface area contributed by atoms with Crippen molar-refractivity contribution in [3.05, 3.63) is 59.3 Å². The number of anilines is 1. The van der Waals surface area contributed by atoms with Gasteiger partial charge in [-0.1, -0.05) is 6.07 Å². The molecule has 1 aliphatic carbocycles. The lowest BCUT2D eigenvalue weighted by Crippen LogP contribution is -2.27. The summed E-state index contributed by atoms with van der Waals surface area (Å²) < 4.78 is 16.6.